The average Bonchev–Trinajstić information content (AvgIpc) is 3.12. The van der Waals surface area contributed by atoms with Gasteiger partial charge in [0, 0.05) is 11.1 Å². The van der Waals surface area contributed by atoms with Crippen LogP contribution in [0.1, 0.15) is 12.5 Å². The van der Waals surface area contributed by atoms with Gasteiger partial charge in [0.05, 0.1) is 12.6 Å². The van der Waals surface area contributed by atoms with Crippen molar-refractivity contribution in [3.05, 3.63) is 24.3 Å². The summed E-state index contributed by atoms with van der Waals surface area (Å²) in [5.74, 6) is 7.39. The van der Waals surface area contributed by atoms with Gasteiger partial charge < -0.3 is 19.9 Å². The predicted octanol–water partition coefficient (Wildman–Crippen LogP) is 1.29. The minimum absolute atomic E-state index is 0.208. The number of nitrogens with zero attached hydrogens (tertiary/aromatic N) is 2. The van der Waals surface area contributed by atoms with Crippen molar-refractivity contribution in [3.8, 4) is 23.3 Å². The van der Waals surface area contributed by atoms with Crippen molar-refractivity contribution in [1.29, 1.82) is 0 Å². The first-order chi connectivity index (χ1) is 12.2. The minimum atomic E-state index is -0.514. The maximum absolute atomic E-state index is 12.5. The topological polar surface area (TPSA) is 83.4 Å². The highest BCUT2D eigenvalue weighted by Crippen LogP contribution is 2.48. The summed E-state index contributed by atoms with van der Waals surface area (Å²) in [6, 6.07) is 2.33. The Hall–Kier alpha value is -2.98. The van der Waals surface area contributed by atoms with E-state index in [0.29, 0.717) is 41.8 Å². The summed E-state index contributed by atoms with van der Waals surface area (Å²) in [5, 5.41) is 12.3. The van der Waals surface area contributed by atoms with Crippen LogP contribution in [0.25, 0.3) is 5.57 Å². The van der Waals surface area contributed by atoms with Crippen LogP contribution >= 0.6 is 0 Å². The van der Waals surface area contributed by atoms with E-state index in [0.717, 1.165) is 5.56 Å². The first kappa shape index (κ1) is 15.5. The van der Waals surface area contributed by atoms with Gasteiger partial charge in [-0.3, -0.25) is 4.90 Å². The fourth-order valence-corrected chi connectivity index (χ4v) is 3.25. The standard InChI is InChI=1S/C18H17N3O4/c1-3-4-13-12(9-22)19-18(23)21(13)17-10(2)11-5-6-14-16(15(11)20-17)25-8-7-24-14/h5-6,12-13,22H,2,7-9H2,1H3,(H,19,23). The predicted molar refractivity (Wildman–Crippen MR) is 92.0 cm³/mol. The monoisotopic (exact) mass is 339 g/mol. The molecule has 25 heavy (non-hydrogen) atoms. The number of urea groups is 1. The molecular formula is C18H17N3O4. The van der Waals surface area contributed by atoms with Crippen molar-refractivity contribution in [2.24, 2.45) is 4.99 Å². The number of hydrogen-bond donors (Lipinski definition) is 2. The lowest BCUT2D eigenvalue weighted by atomic mass is 10.0. The Morgan fingerprint density at radius 1 is 1.44 bits per heavy atom. The molecule has 0 radical (unpaired) electrons. The number of ether oxygens (including phenoxy) is 2. The van der Waals surface area contributed by atoms with Crippen LogP contribution in [0.2, 0.25) is 0 Å². The molecule has 2 amide bonds. The van der Waals surface area contributed by atoms with Gasteiger partial charge in [0.15, 0.2) is 11.5 Å². The zero-order chi connectivity index (χ0) is 17.6. The second-order valence-electron chi connectivity index (χ2n) is 5.85. The maximum Gasteiger partial charge on any atom is 0.324 e. The van der Waals surface area contributed by atoms with Gasteiger partial charge in [0.1, 0.15) is 30.8 Å². The molecule has 3 aliphatic heterocycles. The summed E-state index contributed by atoms with van der Waals surface area (Å²) in [6.07, 6.45) is 0. The van der Waals surface area contributed by atoms with Gasteiger partial charge in [0.25, 0.3) is 0 Å². The highest BCUT2D eigenvalue weighted by Gasteiger charge is 2.43. The molecule has 3 aliphatic rings. The first-order valence-corrected chi connectivity index (χ1v) is 7.99. The van der Waals surface area contributed by atoms with E-state index in [9.17, 15) is 9.90 Å². The molecule has 7 nitrogen and oxygen atoms in total. The van der Waals surface area contributed by atoms with Crippen molar-refractivity contribution in [3.63, 3.8) is 0 Å². The molecule has 1 aromatic rings. The lowest BCUT2D eigenvalue weighted by molar-refractivity contribution is 0.172. The van der Waals surface area contributed by atoms with Gasteiger partial charge in [-0.15, -0.1) is 5.92 Å². The lowest BCUT2D eigenvalue weighted by Crippen LogP contribution is -2.41. The highest BCUT2D eigenvalue weighted by atomic mass is 16.6. The van der Waals surface area contributed by atoms with Crippen molar-refractivity contribution >= 4 is 23.1 Å². The Balaban J connectivity index is 1.79. The third kappa shape index (κ3) is 2.26. The number of fused-ring (bicyclic) bond motifs is 3. The second kappa shape index (κ2) is 5.83. The number of aliphatic imine (C=N–C) groups is 1. The summed E-state index contributed by atoms with van der Waals surface area (Å²) < 4.78 is 11.3. The number of carbonyl (C=O) groups excluding carboxylic acids is 1. The molecule has 0 saturated carbocycles. The smallest absolute Gasteiger partial charge is 0.324 e. The molecule has 1 fully saturated rings. The number of benzene rings is 1. The third-order valence-corrected chi connectivity index (χ3v) is 4.40. The molecule has 3 heterocycles. The van der Waals surface area contributed by atoms with E-state index in [1.54, 1.807) is 6.92 Å². The number of amidine groups is 1. The zero-order valence-electron chi connectivity index (χ0n) is 13.7. The average molecular weight is 339 g/mol. The van der Waals surface area contributed by atoms with E-state index in [4.69, 9.17) is 9.47 Å². The molecular weight excluding hydrogens is 322 g/mol. The van der Waals surface area contributed by atoms with E-state index in [2.05, 4.69) is 28.7 Å². The van der Waals surface area contributed by atoms with Crippen molar-refractivity contribution in [1.82, 2.24) is 10.2 Å². The zero-order valence-corrected chi connectivity index (χ0v) is 13.7. The molecule has 2 N–H and O–H groups in total. The van der Waals surface area contributed by atoms with E-state index in [-0.39, 0.29) is 12.6 Å². The number of hydrogen-bond acceptors (Lipinski definition) is 5. The molecule has 0 bridgehead atoms. The Morgan fingerprint density at radius 3 is 3.00 bits per heavy atom. The Bertz CT molecular complexity index is 865. The molecule has 128 valence electrons. The molecule has 2 unspecified atom stereocenters. The van der Waals surface area contributed by atoms with Crippen LogP contribution in [0.3, 0.4) is 0 Å². The van der Waals surface area contributed by atoms with Crippen LogP contribution in [-0.4, -0.2) is 53.8 Å². The van der Waals surface area contributed by atoms with E-state index >= 15 is 0 Å². The lowest BCUT2D eigenvalue weighted by Gasteiger charge is -2.21. The summed E-state index contributed by atoms with van der Waals surface area (Å²) in [4.78, 5) is 18.5. The van der Waals surface area contributed by atoms with Gasteiger partial charge in [-0.1, -0.05) is 12.5 Å². The number of rotatable bonds is 1. The first-order valence-electron chi connectivity index (χ1n) is 7.99. The van der Waals surface area contributed by atoms with Crippen molar-refractivity contribution in [2.75, 3.05) is 19.8 Å². The molecule has 1 saturated heterocycles. The SMILES string of the molecule is C=C1C(N2C(=O)NC(CO)C2C#CC)=Nc2c1ccc1c2OCCO1. The molecule has 7 heteroatoms. The van der Waals surface area contributed by atoms with E-state index in [1.165, 1.54) is 4.90 Å². The minimum Gasteiger partial charge on any atom is -0.486 e. The summed E-state index contributed by atoms with van der Waals surface area (Å²) in [6.45, 7) is 6.51. The van der Waals surface area contributed by atoms with Gasteiger partial charge in [0.2, 0.25) is 0 Å². The van der Waals surface area contributed by atoms with Crippen molar-refractivity contribution < 1.29 is 19.4 Å². The number of aliphatic hydroxyl groups is 1. The fraction of sp³-hybridized carbons (Fsp3) is 0.333. The normalized spacial score (nSPS) is 23.6. The van der Waals surface area contributed by atoms with Crippen LogP contribution in [0, 0.1) is 11.8 Å². The summed E-state index contributed by atoms with van der Waals surface area (Å²) in [5.41, 5.74) is 2.02. The van der Waals surface area contributed by atoms with E-state index < -0.39 is 12.1 Å². The quantitative estimate of drug-likeness (QED) is 0.756. The Labute approximate surface area is 144 Å². The van der Waals surface area contributed by atoms with Crippen LogP contribution in [0.15, 0.2) is 23.7 Å². The number of nitrogens with one attached hydrogen (secondary N) is 1. The van der Waals surface area contributed by atoms with Gasteiger partial charge in [-0.05, 0) is 19.1 Å². The second-order valence-corrected chi connectivity index (χ2v) is 5.85. The molecule has 1 aromatic carbocycles. The maximum atomic E-state index is 12.5. The van der Waals surface area contributed by atoms with Crippen molar-refractivity contribution in [2.45, 2.75) is 19.0 Å². The Kier molecular flexibility index (Phi) is 3.62. The number of carbonyl (C=O) groups is 1. The van der Waals surface area contributed by atoms with Crippen LogP contribution in [0.5, 0.6) is 11.5 Å². The molecule has 2 atom stereocenters. The molecule has 0 spiro atoms. The summed E-state index contributed by atoms with van der Waals surface area (Å²) in [7, 11) is 0. The van der Waals surface area contributed by atoms with Crippen LogP contribution in [0.4, 0.5) is 10.5 Å². The van der Waals surface area contributed by atoms with Crippen LogP contribution in [-0.2, 0) is 0 Å². The highest BCUT2D eigenvalue weighted by molar-refractivity contribution is 6.31. The fourth-order valence-electron chi connectivity index (χ4n) is 3.25. The number of amides is 2. The number of aliphatic hydroxyl groups excluding tert-OH is 1. The summed E-state index contributed by atoms with van der Waals surface area (Å²) >= 11 is 0. The largest absolute Gasteiger partial charge is 0.486 e. The molecule has 0 aliphatic carbocycles. The van der Waals surface area contributed by atoms with Gasteiger partial charge in [-0.25, -0.2) is 9.79 Å². The van der Waals surface area contributed by atoms with Gasteiger partial charge in [-0.2, -0.15) is 0 Å². The molecule has 4 rings (SSSR count). The van der Waals surface area contributed by atoms with Crippen LogP contribution < -0.4 is 14.8 Å². The van der Waals surface area contributed by atoms with E-state index in [1.807, 2.05) is 12.1 Å². The molecule has 0 aromatic heterocycles. The Morgan fingerprint density at radius 2 is 2.24 bits per heavy atom. The van der Waals surface area contributed by atoms with Gasteiger partial charge >= 0.3 is 6.03 Å². The third-order valence-electron chi connectivity index (χ3n) is 4.40.